The highest BCUT2D eigenvalue weighted by atomic mass is 16.2. The minimum atomic E-state index is -0.198. The number of rotatable bonds is 2. The molecule has 0 radical (unpaired) electrons. The van der Waals surface area contributed by atoms with E-state index < -0.39 is 0 Å². The summed E-state index contributed by atoms with van der Waals surface area (Å²) in [6.45, 7) is 2.06. The molecule has 1 aromatic carbocycles. The van der Waals surface area contributed by atoms with Crippen molar-refractivity contribution in [2.45, 2.75) is 25.7 Å². The molecule has 1 heterocycles. The first-order chi connectivity index (χ1) is 8.16. The number of hydrogen-bond acceptors (Lipinski definition) is 3. The van der Waals surface area contributed by atoms with Crippen LogP contribution in [-0.4, -0.2) is 19.8 Å². The first kappa shape index (κ1) is 10.3. The van der Waals surface area contributed by atoms with E-state index in [1.807, 2.05) is 12.1 Å². The minimum Gasteiger partial charge on any atom is -0.244 e. The van der Waals surface area contributed by atoms with Crippen molar-refractivity contribution in [2.24, 2.45) is 7.05 Å². The molecule has 0 amide bonds. The van der Waals surface area contributed by atoms with Gasteiger partial charge < -0.3 is 0 Å². The van der Waals surface area contributed by atoms with Crippen molar-refractivity contribution in [3.8, 4) is 5.69 Å². The first-order valence-corrected chi connectivity index (χ1v) is 5.77. The van der Waals surface area contributed by atoms with E-state index in [-0.39, 0.29) is 5.69 Å². The van der Waals surface area contributed by atoms with Gasteiger partial charge in [-0.25, -0.2) is 4.79 Å². The molecule has 1 aliphatic rings. The minimum absolute atomic E-state index is 0.198. The summed E-state index contributed by atoms with van der Waals surface area (Å²) in [6.07, 6.45) is 2.40. The Morgan fingerprint density at radius 3 is 2.65 bits per heavy atom. The summed E-state index contributed by atoms with van der Waals surface area (Å²) >= 11 is 0. The van der Waals surface area contributed by atoms with Crippen LogP contribution in [0.4, 0.5) is 0 Å². The largest absolute Gasteiger partial charge is 0.368 e. The average Bonchev–Trinajstić information content (AvgIpc) is 3.09. The van der Waals surface area contributed by atoms with Gasteiger partial charge in [-0.2, -0.15) is 9.36 Å². The van der Waals surface area contributed by atoms with Crippen molar-refractivity contribution in [3.63, 3.8) is 0 Å². The first-order valence-electron chi connectivity index (χ1n) is 5.77. The number of tetrazole rings is 1. The van der Waals surface area contributed by atoms with E-state index in [0.29, 0.717) is 5.92 Å². The molecule has 3 rings (SSSR count). The van der Waals surface area contributed by atoms with Gasteiger partial charge >= 0.3 is 5.69 Å². The second-order valence-electron chi connectivity index (χ2n) is 4.63. The molecule has 88 valence electrons. The summed E-state index contributed by atoms with van der Waals surface area (Å²) in [5.41, 5.74) is 3.10. The van der Waals surface area contributed by atoms with Crippen molar-refractivity contribution in [1.82, 2.24) is 19.8 Å². The molecule has 2 aromatic rings. The second kappa shape index (κ2) is 3.55. The van der Waals surface area contributed by atoms with Gasteiger partial charge in [-0.15, -0.1) is 0 Å². The topological polar surface area (TPSA) is 52.7 Å². The van der Waals surface area contributed by atoms with Crippen molar-refractivity contribution < 1.29 is 0 Å². The Morgan fingerprint density at radius 2 is 2.06 bits per heavy atom. The maximum absolute atomic E-state index is 11.9. The Kier molecular flexibility index (Phi) is 2.14. The molecule has 1 aliphatic carbocycles. The van der Waals surface area contributed by atoms with E-state index in [9.17, 15) is 4.79 Å². The van der Waals surface area contributed by atoms with Gasteiger partial charge in [-0.3, -0.25) is 0 Å². The third-order valence-electron chi connectivity index (χ3n) is 3.15. The molecular formula is C12H14N4O. The summed E-state index contributed by atoms with van der Waals surface area (Å²) < 4.78 is 2.63. The van der Waals surface area contributed by atoms with Gasteiger partial charge in [-0.05, 0) is 47.7 Å². The molecule has 0 N–H and O–H groups in total. The highest BCUT2D eigenvalue weighted by molar-refractivity contribution is 5.46. The zero-order chi connectivity index (χ0) is 12.0. The number of hydrogen-bond donors (Lipinski definition) is 0. The lowest BCUT2D eigenvalue weighted by molar-refractivity contribution is 0.692. The highest BCUT2D eigenvalue weighted by Crippen LogP contribution is 2.42. The maximum Gasteiger partial charge on any atom is 0.368 e. The van der Waals surface area contributed by atoms with Crippen molar-refractivity contribution in [3.05, 3.63) is 39.8 Å². The molecule has 17 heavy (non-hydrogen) atoms. The Balaban J connectivity index is 2.20. The fourth-order valence-corrected chi connectivity index (χ4v) is 2.05. The standard InChI is InChI=1S/C12H14N4O/c1-8-3-6-11(10(7-8)9-4-5-9)16-12(17)15(2)13-14-16/h3,6-7,9H,4-5H2,1-2H3. The predicted octanol–water partition coefficient (Wildman–Crippen LogP) is 1.15. The Hall–Kier alpha value is -1.91. The molecule has 0 saturated heterocycles. The molecule has 0 bridgehead atoms. The summed E-state index contributed by atoms with van der Waals surface area (Å²) in [6, 6.07) is 6.11. The number of benzene rings is 1. The molecule has 5 nitrogen and oxygen atoms in total. The summed E-state index contributed by atoms with van der Waals surface area (Å²) in [5, 5.41) is 7.66. The van der Waals surface area contributed by atoms with Gasteiger partial charge in [0.25, 0.3) is 0 Å². The van der Waals surface area contributed by atoms with Gasteiger partial charge in [0.15, 0.2) is 0 Å². The third kappa shape index (κ3) is 1.67. The van der Waals surface area contributed by atoms with E-state index in [4.69, 9.17) is 0 Å². The molecule has 1 aromatic heterocycles. The zero-order valence-electron chi connectivity index (χ0n) is 9.92. The van der Waals surface area contributed by atoms with Crippen LogP contribution in [0.5, 0.6) is 0 Å². The second-order valence-corrected chi connectivity index (χ2v) is 4.63. The molecule has 0 unspecified atom stereocenters. The molecule has 0 aliphatic heterocycles. The average molecular weight is 230 g/mol. The van der Waals surface area contributed by atoms with Crippen molar-refractivity contribution >= 4 is 0 Å². The molecule has 5 heteroatoms. The normalized spacial score (nSPS) is 15.2. The summed E-state index contributed by atoms with van der Waals surface area (Å²) in [5.74, 6) is 0.582. The smallest absolute Gasteiger partial charge is 0.244 e. The van der Waals surface area contributed by atoms with Crippen LogP contribution < -0.4 is 5.69 Å². The van der Waals surface area contributed by atoms with Crippen LogP contribution in [0.3, 0.4) is 0 Å². The van der Waals surface area contributed by atoms with Gasteiger partial charge in [0, 0.05) is 7.05 Å². The molecule has 0 spiro atoms. The number of aryl methyl sites for hydroxylation is 2. The zero-order valence-corrected chi connectivity index (χ0v) is 9.92. The number of nitrogens with zero attached hydrogens (tertiary/aromatic N) is 4. The van der Waals surface area contributed by atoms with E-state index >= 15 is 0 Å². The van der Waals surface area contributed by atoms with Gasteiger partial charge in [0.1, 0.15) is 0 Å². The number of aromatic nitrogens is 4. The third-order valence-corrected chi connectivity index (χ3v) is 3.15. The Morgan fingerprint density at radius 1 is 1.29 bits per heavy atom. The van der Waals surface area contributed by atoms with Crippen molar-refractivity contribution in [2.75, 3.05) is 0 Å². The lowest BCUT2D eigenvalue weighted by Crippen LogP contribution is -2.22. The Bertz CT molecular complexity index is 622. The van der Waals surface area contributed by atoms with E-state index in [1.54, 1.807) is 7.05 Å². The summed E-state index contributed by atoms with van der Waals surface area (Å²) in [4.78, 5) is 11.9. The van der Waals surface area contributed by atoms with Crippen LogP contribution in [0.25, 0.3) is 5.69 Å². The van der Waals surface area contributed by atoms with Crippen molar-refractivity contribution in [1.29, 1.82) is 0 Å². The van der Waals surface area contributed by atoms with Crippen LogP contribution >= 0.6 is 0 Å². The monoisotopic (exact) mass is 230 g/mol. The predicted molar refractivity (Wildman–Crippen MR) is 63.3 cm³/mol. The molecule has 1 fully saturated rings. The van der Waals surface area contributed by atoms with Crippen LogP contribution in [0.1, 0.15) is 29.9 Å². The summed E-state index contributed by atoms with van der Waals surface area (Å²) in [7, 11) is 1.61. The molecule has 0 atom stereocenters. The quantitative estimate of drug-likeness (QED) is 0.777. The van der Waals surface area contributed by atoms with E-state index in [1.165, 1.54) is 33.3 Å². The van der Waals surface area contributed by atoms with E-state index in [0.717, 1.165) is 5.69 Å². The van der Waals surface area contributed by atoms with Gasteiger partial charge in [0.2, 0.25) is 0 Å². The molecule has 1 saturated carbocycles. The van der Waals surface area contributed by atoms with Crippen LogP contribution in [0.2, 0.25) is 0 Å². The fraction of sp³-hybridized carbons (Fsp3) is 0.417. The van der Waals surface area contributed by atoms with Gasteiger partial charge in [-0.1, -0.05) is 17.7 Å². The Labute approximate surface area is 98.7 Å². The SMILES string of the molecule is Cc1ccc(-n2nnn(C)c2=O)c(C2CC2)c1. The fourth-order valence-electron chi connectivity index (χ4n) is 2.05. The maximum atomic E-state index is 11.9. The van der Waals surface area contributed by atoms with Crippen LogP contribution in [0, 0.1) is 6.92 Å². The highest BCUT2D eigenvalue weighted by Gasteiger charge is 2.27. The van der Waals surface area contributed by atoms with Crippen LogP contribution in [-0.2, 0) is 7.05 Å². The molecular weight excluding hydrogens is 216 g/mol. The van der Waals surface area contributed by atoms with E-state index in [2.05, 4.69) is 23.4 Å². The lowest BCUT2D eigenvalue weighted by atomic mass is 10.1. The van der Waals surface area contributed by atoms with Crippen LogP contribution in [0.15, 0.2) is 23.0 Å². The van der Waals surface area contributed by atoms with Gasteiger partial charge in [0.05, 0.1) is 5.69 Å². The lowest BCUT2D eigenvalue weighted by Gasteiger charge is -2.07.